The van der Waals surface area contributed by atoms with Crippen molar-refractivity contribution in [2.75, 3.05) is 0 Å². The molecule has 0 saturated carbocycles. The average Bonchev–Trinajstić information content (AvgIpc) is 2.92. The first-order chi connectivity index (χ1) is 17.3. The molecule has 166 valence electrons. The molecule has 0 fully saturated rings. The van der Waals surface area contributed by atoms with Crippen LogP contribution in [0.5, 0.6) is 0 Å². The molecule has 0 saturated heterocycles. The zero-order chi connectivity index (χ0) is 23.2. The molecule has 1 unspecified atom stereocenters. The minimum Gasteiger partial charge on any atom is -0.0616 e. The maximum atomic E-state index is 2.43. The first-order valence-electron chi connectivity index (χ1n) is 12.3. The number of hydrogen-bond donors (Lipinski definition) is 0. The van der Waals surface area contributed by atoms with E-state index < -0.39 is 0 Å². The van der Waals surface area contributed by atoms with E-state index in [9.17, 15) is 0 Å². The summed E-state index contributed by atoms with van der Waals surface area (Å²) in [6.07, 6.45) is 1.96. The molecule has 7 rings (SSSR count). The quantitative estimate of drug-likeness (QED) is 0.234. The van der Waals surface area contributed by atoms with Crippen LogP contribution in [0.4, 0.5) is 0 Å². The van der Waals surface area contributed by atoms with Gasteiger partial charge >= 0.3 is 0 Å². The Kier molecular flexibility index (Phi) is 5.00. The van der Waals surface area contributed by atoms with Gasteiger partial charge in [-0.1, -0.05) is 130 Å². The van der Waals surface area contributed by atoms with E-state index in [0.29, 0.717) is 0 Å². The number of rotatable bonds is 3. The summed E-state index contributed by atoms with van der Waals surface area (Å²) in [7, 11) is 0.731. The third-order valence-corrected chi connectivity index (χ3v) is 8.81. The van der Waals surface area contributed by atoms with Gasteiger partial charge in [0.15, 0.2) is 0 Å². The van der Waals surface area contributed by atoms with Crippen molar-refractivity contribution < 1.29 is 0 Å². The fourth-order valence-corrected chi connectivity index (χ4v) is 6.87. The highest BCUT2D eigenvalue weighted by Crippen LogP contribution is 2.32. The summed E-state index contributed by atoms with van der Waals surface area (Å²) in [5.74, 6) is 0. The van der Waals surface area contributed by atoms with Crippen LogP contribution in [0, 0.1) is 0 Å². The Morgan fingerprint density at radius 3 is 2.17 bits per heavy atom. The molecule has 6 aromatic carbocycles. The van der Waals surface area contributed by atoms with E-state index in [1.54, 1.807) is 0 Å². The van der Waals surface area contributed by atoms with Crippen LogP contribution in [-0.2, 0) is 12.8 Å². The van der Waals surface area contributed by atoms with Crippen molar-refractivity contribution in [3.63, 3.8) is 0 Å². The van der Waals surface area contributed by atoms with Crippen molar-refractivity contribution in [1.82, 2.24) is 0 Å². The van der Waals surface area contributed by atoms with Crippen molar-refractivity contribution in [2.24, 2.45) is 0 Å². The number of benzene rings is 6. The molecule has 0 spiro atoms. The standard InChI is InChI=1S/C34H25P/c1-3-13-30-24(8-1)10-6-12-28(30)20-23-7-5-11-26(19-23)27-16-17-33-29(21-27)22-32-31-14-4-2-9-25(31)15-18-34(32)35-33/h1-19,21,35H,20,22H2. The van der Waals surface area contributed by atoms with Gasteiger partial charge in [-0.3, -0.25) is 0 Å². The molecule has 0 radical (unpaired) electrons. The highest BCUT2D eigenvalue weighted by Gasteiger charge is 2.18. The van der Waals surface area contributed by atoms with E-state index in [2.05, 4.69) is 121 Å². The predicted octanol–water partition coefficient (Wildman–Crippen LogP) is 7.78. The average molecular weight is 465 g/mol. The molecule has 1 heteroatoms. The summed E-state index contributed by atoms with van der Waals surface area (Å²) in [6.45, 7) is 0. The maximum Gasteiger partial charge on any atom is -0.000668 e. The maximum absolute atomic E-state index is 2.43. The smallest absolute Gasteiger partial charge is 0.000668 e. The molecule has 0 N–H and O–H groups in total. The van der Waals surface area contributed by atoms with Crippen molar-refractivity contribution in [1.29, 1.82) is 0 Å². The minimum atomic E-state index is 0.731. The van der Waals surface area contributed by atoms with Crippen molar-refractivity contribution >= 4 is 40.7 Å². The topological polar surface area (TPSA) is 0 Å². The lowest BCUT2D eigenvalue weighted by Gasteiger charge is -2.22. The van der Waals surface area contributed by atoms with E-state index >= 15 is 0 Å². The van der Waals surface area contributed by atoms with Crippen LogP contribution in [-0.4, -0.2) is 0 Å². The highest BCUT2D eigenvalue weighted by atomic mass is 31.1. The second kappa shape index (κ2) is 8.49. The van der Waals surface area contributed by atoms with Crippen LogP contribution in [0.2, 0.25) is 0 Å². The number of hydrogen-bond acceptors (Lipinski definition) is 0. The summed E-state index contributed by atoms with van der Waals surface area (Å²) in [6, 6.07) is 44.9. The Labute approximate surface area is 208 Å². The van der Waals surface area contributed by atoms with Gasteiger partial charge in [-0.05, 0) is 78.4 Å². The molecule has 1 atom stereocenters. The van der Waals surface area contributed by atoms with Crippen LogP contribution < -0.4 is 10.6 Å². The van der Waals surface area contributed by atoms with Crippen LogP contribution in [0.25, 0.3) is 32.7 Å². The first kappa shape index (κ1) is 20.6. The molecule has 0 aromatic heterocycles. The van der Waals surface area contributed by atoms with Crippen LogP contribution >= 0.6 is 8.58 Å². The van der Waals surface area contributed by atoms with Gasteiger partial charge in [0.25, 0.3) is 0 Å². The Morgan fingerprint density at radius 1 is 0.543 bits per heavy atom. The third-order valence-electron chi connectivity index (χ3n) is 7.32. The third kappa shape index (κ3) is 3.75. The molecular weight excluding hydrogens is 439 g/mol. The normalized spacial score (nSPS) is 13.1. The molecule has 35 heavy (non-hydrogen) atoms. The fraction of sp³-hybridized carbons (Fsp3) is 0.0588. The van der Waals surface area contributed by atoms with Crippen molar-refractivity contribution in [2.45, 2.75) is 12.8 Å². The van der Waals surface area contributed by atoms with Gasteiger partial charge in [-0.15, -0.1) is 0 Å². The number of fused-ring (bicyclic) bond motifs is 5. The van der Waals surface area contributed by atoms with E-state index in [1.807, 2.05) is 0 Å². The zero-order valence-electron chi connectivity index (χ0n) is 19.5. The molecular formula is C34H25P. The van der Waals surface area contributed by atoms with Crippen LogP contribution in [0.15, 0.2) is 121 Å². The van der Waals surface area contributed by atoms with Gasteiger partial charge in [0.1, 0.15) is 0 Å². The van der Waals surface area contributed by atoms with Gasteiger partial charge < -0.3 is 0 Å². The molecule has 6 aromatic rings. The summed E-state index contributed by atoms with van der Waals surface area (Å²) >= 11 is 0. The first-order valence-corrected chi connectivity index (χ1v) is 13.3. The molecule has 0 bridgehead atoms. The van der Waals surface area contributed by atoms with Gasteiger partial charge in [0, 0.05) is 0 Å². The summed E-state index contributed by atoms with van der Waals surface area (Å²) in [4.78, 5) is 0. The molecule has 0 aliphatic carbocycles. The molecule has 0 amide bonds. The summed E-state index contributed by atoms with van der Waals surface area (Å²) in [5, 5.41) is 8.40. The summed E-state index contributed by atoms with van der Waals surface area (Å²) < 4.78 is 0. The van der Waals surface area contributed by atoms with Gasteiger partial charge in [-0.25, -0.2) is 0 Å². The molecule has 1 aliphatic rings. The van der Waals surface area contributed by atoms with E-state index in [-0.39, 0.29) is 0 Å². The Hall–Kier alpha value is -3.73. The second-order valence-electron chi connectivity index (χ2n) is 9.50. The van der Waals surface area contributed by atoms with Gasteiger partial charge in [0.2, 0.25) is 0 Å². The lowest BCUT2D eigenvalue weighted by molar-refractivity contribution is 1.21. The Bertz CT molecular complexity index is 1720. The van der Waals surface area contributed by atoms with Crippen LogP contribution in [0.1, 0.15) is 22.3 Å². The SMILES string of the molecule is c1cc(Cc2cccc3ccccc23)cc(-c2ccc3c(c2)Cc2c(ccc4ccccc24)P3)c1. The minimum absolute atomic E-state index is 0.731. The summed E-state index contributed by atoms with van der Waals surface area (Å²) in [5.41, 5.74) is 8.35. The second-order valence-corrected chi connectivity index (χ2v) is 10.8. The molecule has 1 heterocycles. The monoisotopic (exact) mass is 464 g/mol. The van der Waals surface area contributed by atoms with Crippen molar-refractivity contribution in [3.8, 4) is 11.1 Å². The van der Waals surface area contributed by atoms with E-state index in [1.165, 1.54) is 65.5 Å². The Balaban J connectivity index is 1.23. The lowest BCUT2D eigenvalue weighted by Crippen LogP contribution is -2.20. The largest absolute Gasteiger partial charge is 0.0616 e. The van der Waals surface area contributed by atoms with Gasteiger partial charge in [0.05, 0.1) is 0 Å². The lowest BCUT2D eigenvalue weighted by atomic mass is 9.93. The predicted molar refractivity (Wildman–Crippen MR) is 153 cm³/mol. The zero-order valence-corrected chi connectivity index (χ0v) is 20.5. The van der Waals surface area contributed by atoms with Gasteiger partial charge in [-0.2, -0.15) is 0 Å². The van der Waals surface area contributed by atoms with E-state index in [0.717, 1.165) is 21.4 Å². The Morgan fingerprint density at radius 2 is 1.26 bits per heavy atom. The van der Waals surface area contributed by atoms with Crippen LogP contribution in [0.3, 0.4) is 0 Å². The molecule has 1 aliphatic heterocycles. The fourth-order valence-electron chi connectivity index (χ4n) is 5.55. The van der Waals surface area contributed by atoms with E-state index in [4.69, 9.17) is 0 Å². The highest BCUT2D eigenvalue weighted by molar-refractivity contribution is 7.56. The van der Waals surface area contributed by atoms with Crippen molar-refractivity contribution in [3.05, 3.63) is 144 Å². The molecule has 0 nitrogen and oxygen atoms in total.